The molecule has 0 fully saturated rings. The molecule has 0 aliphatic heterocycles. The molecule has 0 aliphatic carbocycles. The third-order valence-corrected chi connectivity index (χ3v) is 3.24. The number of rotatable bonds is 7. The SMILES string of the molecule is OC(CNCCOc1ccccc1)c1ccccc1Cl. The molecule has 0 aromatic heterocycles. The zero-order valence-corrected chi connectivity index (χ0v) is 11.9. The maximum absolute atomic E-state index is 10.0. The number of para-hydroxylation sites is 1. The number of aliphatic hydroxyl groups excluding tert-OH is 1. The Kier molecular flexibility index (Phi) is 5.87. The molecule has 0 radical (unpaired) electrons. The van der Waals surface area contributed by atoms with Crippen molar-refractivity contribution in [3.8, 4) is 5.75 Å². The second-order valence-corrected chi connectivity index (χ2v) is 4.81. The summed E-state index contributed by atoms with van der Waals surface area (Å²) in [5.41, 5.74) is 0.741. The number of halogens is 1. The molecule has 4 heteroatoms. The summed E-state index contributed by atoms with van der Waals surface area (Å²) < 4.78 is 5.55. The predicted octanol–water partition coefficient (Wildman–Crippen LogP) is 3.04. The van der Waals surface area contributed by atoms with Gasteiger partial charge >= 0.3 is 0 Å². The van der Waals surface area contributed by atoms with Gasteiger partial charge in [0.05, 0.1) is 6.10 Å². The van der Waals surface area contributed by atoms with Crippen molar-refractivity contribution in [2.24, 2.45) is 0 Å². The van der Waals surface area contributed by atoms with Gasteiger partial charge in [0.15, 0.2) is 0 Å². The van der Waals surface area contributed by atoms with Crippen molar-refractivity contribution in [3.05, 3.63) is 65.2 Å². The van der Waals surface area contributed by atoms with Gasteiger partial charge in [-0.25, -0.2) is 0 Å². The van der Waals surface area contributed by atoms with Gasteiger partial charge in [-0.15, -0.1) is 0 Å². The molecule has 0 saturated carbocycles. The highest BCUT2D eigenvalue weighted by atomic mass is 35.5. The zero-order valence-electron chi connectivity index (χ0n) is 11.1. The lowest BCUT2D eigenvalue weighted by molar-refractivity contribution is 0.172. The van der Waals surface area contributed by atoms with Crippen LogP contribution in [0.5, 0.6) is 5.75 Å². The summed E-state index contributed by atoms with van der Waals surface area (Å²) in [5, 5.41) is 13.8. The lowest BCUT2D eigenvalue weighted by atomic mass is 10.1. The minimum Gasteiger partial charge on any atom is -0.492 e. The van der Waals surface area contributed by atoms with Crippen LogP contribution in [0, 0.1) is 0 Å². The minimum atomic E-state index is -0.611. The van der Waals surface area contributed by atoms with E-state index in [0.29, 0.717) is 24.7 Å². The number of hydrogen-bond donors (Lipinski definition) is 2. The van der Waals surface area contributed by atoms with Gasteiger partial charge < -0.3 is 15.2 Å². The van der Waals surface area contributed by atoms with E-state index in [9.17, 15) is 5.11 Å². The standard InChI is InChI=1S/C16H18ClNO2/c17-15-9-5-4-8-14(15)16(19)12-18-10-11-20-13-6-2-1-3-7-13/h1-9,16,18-19H,10-12H2. The largest absolute Gasteiger partial charge is 0.492 e. The molecule has 0 heterocycles. The molecule has 0 aliphatic rings. The van der Waals surface area contributed by atoms with Crippen molar-refractivity contribution >= 4 is 11.6 Å². The molecule has 20 heavy (non-hydrogen) atoms. The molecule has 0 spiro atoms. The highest BCUT2D eigenvalue weighted by Gasteiger charge is 2.09. The molecule has 1 unspecified atom stereocenters. The zero-order chi connectivity index (χ0) is 14.2. The van der Waals surface area contributed by atoms with Crippen molar-refractivity contribution in [2.45, 2.75) is 6.10 Å². The summed E-state index contributed by atoms with van der Waals surface area (Å²) in [6, 6.07) is 17.0. The van der Waals surface area contributed by atoms with Crippen molar-refractivity contribution in [3.63, 3.8) is 0 Å². The Hall–Kier alpha value is -1.55. The first-order chi connectivity index (χ1) is 9.77. The Labute approximate surface area is 124 Å². The molecule has 0 bridgehead atoms. The van der Waals surface area contributed by atoms with Crippen LogP contribution in [0.1, 0.15) is 11.7 Å². The molecule has 1 atom stereocenters. The van der Waals surface area contributed by atoms with Gasteiger partial charge in [-0.1, -0.05) is 48.0 Å². The van der Waals surface area contributed by atoms with E-state index in [-0.39, 0.29) is 0 Å². The van der Waals surface area contributed by atoms with Crippen LogP contribution in [-0.2, 0) is 0 Å². The van der Waals surface area contributed by atoms with Crippen molar-refractivity contribution in [1.82, 2.24) is 5.32 Å². The number of ether oxygens (including phenoxy) is 1. The summed E-state index contributed by atoms with van der Waals surface area (Å²) in [6.45, 7) is 1.66. The Morgan fingerprint density at radius 3 is 2.50 bits per heavy atom. The van der Waals surface area contributed by atoms with Crippen LogP contribution >= 0.6 is 11.6 Å². The summed E-state index contributed by atoms with van der Waals surface area (Å²) in [4.78, 5) is 0. The Balaban J connectivity index is 1.67. The van der Waals surface area contributed by atoms with Crippen LogP contribution in [-0.4, -0.2) is 24.8 Å². The maximum atomic E-state index is 10.0. The van der Waals surface area contributed by atoms with Crippen LogP contribution in [0.15, 0.2) is 54.6 Å². The molecule has 2 N–H and O–H groups in total. The fourth-order valence-corrected chi connectivity index (χ4v) is 2.11. The van der Waals surface area contributed by atoms with Gasteiger partial charge in [-0.3, -0.25) is 0 Å². The second-order valence-electron chi connectivity index (χ2n) is 4.40. The maximum Gasteiger partial charge on any atom is 0.119 e. The average molecular weight is 292 g/mol. The van der Waals surface area contributed by atoms with Gasteiger partial charge in [-0.05, 0) is 18.2 Å². The first-order valence-corrected chi connectivity index (χ1v) is 6.96. The summed E-state index contributed by atoms with van der Waals surface area (Å²) in [5.74, 6) is 0.848. The monoisotopic (exact) mass is 291 g/mol. The minimum absolute atomic E-state index is 0.446. The topological polar surface area (TPSA) is 41.5 Å². The highest BCUT2D eigenvalue weighted by molar-refractivity contribution is 6.31. The first-order valence-electron chi connectivity index (χ1n) is 6.58. The van der Waals surface area contributed by atoms with Crippen molar-refractivity contribution in [2.75, 3.05) is 19.7 Å². The molecule has 2 rings (SSSR count). The fraction of sp³-hybridized carbons (Fsp3) is 0.250. The number of aliphatic hydroxyl groups is 1. The van der Waals surface area contributed by atoms with Gasteiger partial charge in [0.25, 0.3) is 0 Å². The number of nitrogens with one attached hydrogen (secondary N) is 1. The van der Waals surface area contributed by atoms with E-state index in [0.717, 1.165) is 11.3 Å². The van der Waals surface area contributed by atoms with Crippen LogP contribution in [0.4, 0.5) is 0 Å². The second kappa shape index (κ2) is 7.90. The van der Waals surface area contributed by atoms with Crippen LogP contribution < -0.4 is 10.1 Å². The van der Waals surface area contributed by atoms with Crippen LogP contribution in [0.2, 0.25) is 5.02 Å². The van der Waals surface area contributed by atoms with E-state index in [2.05, 4.69) is 5.32 Å². The predicted molar refractivity (Wildman–Crippen MR) is 81.2 cm³/mol. The van der Waals surface area contributed by atoms with Crippen LogP contribution in [0.3, 0.4) is 0 Å². The third-order valence-electron chi connectivity index (χ3n) is 2.89. The van der Waals surface area contributed by atoms with E-state index in [1.54, 1.807) is 6.07 Å². The van der Waals surface area contributed by atoms with Crippen molar-refractivity contribution in [1.29, 1.82) is 0 Å². The van der Waals surface area contributed by atoms with E-state index in [4.69, 9.17) is 16.3 Å². The number of benzene rings is 2. The summed E-state index contributed by atoms with van der Waals surface area (Å²) in [7, 11) is 0. The van der Waals surface area contributed by atoms with E-state index in [1.807, 2.05) is 48.5 Å². The van der Waals surface area contributed by atoms with E-state index < -0.39 is 6.10 Å². The van der Waals surface area contributed by atoms with E-state index >= 15 is 0 Å². The lowest BCUT2D eigenvalue weighted by Crippen LogP contribution is -2.26. The molecule has 0 saturated heterocycles. The average Bonchev–Trinajstić information content (AvgIpc) is 2.48. The third kappa shape index (κ3) is 4.53. The van der Waals surface area contributed by atoms with E-state index in [1.165, 1.54) is 0 Å². The highest BCUT2D eigenvalue weighted by Crippen LogP contribution is 2.21. The van der Waals surface area contributed by atoms with Crippen molar-refractivity contribution < 1.29 is 9.84 Å². The van der Waals surface area contributed by atoms with Gasteiger partial charge in [-0.2, -0.15) is 0 Å². The molecule has 3 nitrogen and oxygen atoms in total. The molecular formula is C16H18ClNO2. The number of hydrogen-bond acceptors (Lipinski definition) is 3. The van der Waals surface area contributed by atoms with Crippen LogP contribution in [0.25, 0.3) is 0 Å². The normalized spacial score (nSPS) is 12.1. The molecule has 2 aromatic carbocycles. The quantitative estimate of drug-likeness (QED) is 0.771. The molecule has 106 valence electrons. The fourth-order valence-electron chi connectivity index (χ4n) is 1.85. The Bertz CT molecular complexity index is 519. The van der Waals surface area contributed by atoms with Gasteiger partial charge in [0, 0.05) is 23.7 Å². The first kappa shape index (κ1) is 14.9. The summed E-state index contributed by atoms with van der Waals surface area (Å²) >= 11 is 6.03. The molecular weight excluding hydrogens is 274 g/mol. The van der Waals surface area contributed by atoms with Gasteiger partial charge in [0.1, 0.15) is 12.4 Å². The lowest BCUT2D eigenvalue weighted by Gasteiger charge is -2.14. The summed E-state index contributed by atoms with van der Waals surface area (Å²) in [6.07, 6.45) is -0.611. The molecule has 2 aromatic rings. The Morgan fingerprint density at radius 2 is 1.75 bits per heavy atom. The van der Waals surface area contributed by atoms with Gasteiger partial charge in [0.2, 0.25) is 0 Å². The molecule has 0 amide bonds. The smallest absolute Gasteiger partial charge is 0.119 e. The Morgan fingerprint density at radius 1 is 1.05 bits per heavy atom.